The fourth-order valence-electron chi connectivity index (χ4n) is 1.23. The Kier molecular flexibility index (Phi) is 7.33. The second-order valence-corrected chi connectivity index (χ2v) is 6.27. The second-order valence-electron chi connectivity index (χ2n) is 4.29. The second kappa shape index (κ2) is 7.62. The predicted molar refractivity (Wildman–Crippen MR) is 66.1 cm³/mol. The van der Waals surface area contributed by atoms with E-state index in [-0.39, 0.29) is 18.4 Å². The molecule has 0 saturated heterocycles. The standard InChI is InChI=1S/C10H22N2O4S/c1-9(2)7-12(17(4,14)15)8-10(13)11-5-6-16-3/h9H,5-8H2,1-4H3,(H,11,13). The minimum Gasteiger partial charge on any atom is -0.383 e. The Bertz CT molecular complexity index is 327. The molecule has 0 atom stereocenters. The molecule has 0 aliphatic heterocycles. The summed E-state index contributed by atoms with van der Waals surface area (Å²) < 4.78 is 28.9. The lowest BCUT2D eigenvalue weighted by Gasteiger charge is -2.21. The molecule has 0 aromatic rings. The third-order valence-corrected chi connectivity index (χ3v) is 3.20. The van der Waals surface area contributed by atoms with Gasteiger partial charge in [0.1, 0.15) is 0 Å². The molecular formula is C10H22N2O4S. The number of hydrogen-bond acceptors (Lipinski definition) is 4. The van der Waals surface area contributed by atoms with Crippen molar-refractivity contribution in [1.82, 2.24) is 9.62 Å². The summed E-state index contributed by atoms with van der Waals surface area (Å²) in [4.78, 5) is 11.5. The van der Waals surface area contributed by atoms with Crippen LogP contribution in [0.5, 0.6) is 0 Å². The molecule has 1 amide bonds. The van der Waals surface area contributed by atoms with Crippen LogP contribution in [0.15, 0.2) is 0 Å². The number of nitrogens with one attached hydrogen (secondary N) is 1. The van der Waals surface area contributed by atoms with Crippen molar-refractivity contribution in [3.8, 4) is 0 Å². The number of amides is 1. The van der Waals surface area contributed by atoms with Gasteiger partial charge in [-0.25, -0.2) is 8.42 Å². The van der Waals surface area contributed by atoms with Crippen LogP contribution in [0.2, 0.25) is 0 Å². The number of nitrogens with zero attached hydrogens (tertiary/aromatic N) is 1. The largest absolute Gasteiger partial charge is 0.383 e. The summed E-state index contributed by atoms with van der Waals surface area (Å²) in [7, 11) is -1.81. The van der Waals surface area contributed by atoms with Crippen molar-refractivity contribution in [2.45, 2.75) is 13.8 Å². The zero-order valence-corrected chi connectivity index (χ0v) is 11.7. The molecule has 0 spiro atoms. The Morgan fingerprint density at radius 2 is 2.00 bits per heavy atom. The first-order chi connectivity index (χ1) is 7.77. The Labute approximate surface area is 103 Å². The highest BCUT2D eigenvalue weighted by molar-refractivity contribution is 7.88. The molecule has 0 aromatic carbocycles. The Morgan fingerprint density at radius 3 is 2.41 bits per heavy atom. The van der Waals surface area contributed by atoms with Gasteiger partial charge in [0.25, 0.3) is 0 Å². The highest BCUT2D eigenvalue weighted by Gasteiger charge is 2.20. The molecule has 0 saturated carbocycles. The van der Waals surface area contributed by atoms with E-state index >= 15 is 0 Å². The van der Waals surface area contributed by atoms with E-state index in [4.69, 9.17) is 4.74 Å². The molecule has 0 aliphatic rings. The number of carbonyl (C=O) groups excluding carboxylic acids is 1. The van der Waals surface area contributed by atoms with Crippen molar-refractivity contribution < 1.29 is 17.9 Å². The van der Waals surface area contributed by atoms with Crippen molar-refractivity contribution in [2.75, 3.05) is 39.6 Å². The molecule has 0 heterocycles. The van der Waals surface area contributed by atoms with E-state index < -0.39 is 10.0 Å². The molecule has 0 bridgehead atoms. The molecule has 1 N–H and O–H groups in total. The minimum atomic E-state index is -3.34. The number of sulfonamides is 1. The van der Waals surface area contributed by atoms with E-state index in [1.807, 2.05) is 13.8 Å². The first-order valence-corrected chi connectivity index (χ1v) is 7.33. The fourth-order valence-corrected chi connectivity index (χ4v) is 2.15. The topological polar surface area (TPSA) is 75.7 Å². The van der Waals surface area contributed by atoms with Crippen LogP contribution in [0.1, 0.15) is 13.8 Å². The lowest BCUT2D eigenvalue weighted by atomic mass is 10.2. The summed E-state index contributed by atoms with van der Waals surface area (Å²) in [6.45, 7) is 4.81. The smallest absolute Gasteiger partial charge is 0.235 e. The zero-order chi connectivity index (χ0) is 13.5. The van der Waals surface area contributed by atoms with Crippen LogP contribution in [0.3, 0.4) is 0 Å². The van der Waals surface area contributed by atoms with Gasteiger partial charge in [-0.2, -0.15) is 4.31 Å². The van der Waals surface area contributed by atoms with Gasteiger partial charge in [0.15, 0.2) is 0 Å². The SMILES string of the molecule is COCCNC(=O)CN(CC(C)C)S(C)(=O)=O. The Hall–Kier alpha value is -0.660. The van der Waals surface area contributed by atoms with E-state index in [2.05, 4.69) is 5.32 Å². The van der Waals surface area contributed by atoms with Crippen molar-refractivity contribution in [1.29, 1.82) is 0 Å². The van der Waals surface area contributed by atoms with Gasteiger partial charge < -0.3 is 10.1 Å². The van der Waals surface area contributed by atoms with Gasteiger partial charge >= 0.3 is 0 Å². The molecule has 7 heteroatoms. The average Bonchev–Trinajstić information content (AvgIpc) is 2.15. The fraction of sp³-hybridized carbons (Fsp3) is 0.900. The molecule has 0 aromatic heterocycles. The molecule has 6 nitrogen and oxygen atoms in total. The molecule has 0 radical (unpaired) electrons. The van der Waals surface area contributed by atoms with E-state index in [9.17, 15) is 13.2 Å². The van der Waals surface area contributed by atoms with Crippen LogP contribution >= 0.6 is 0 Å². The highest BCUT2D eigenvalue weighted by Crippen LogP contribution is 2.03. The van der Waals surface area contributed by atoms with Crippen LogP contribution in [0.25, 0.3) is 0 Å². The first kappa shape index (κ1) is 16.3. The summed E-state index contributed by atoms with van der Waals surface area (Å²) in [6, 6.07) is 0. The van der Waals surface area contributed by atoms with Gasteiger partial charge in [0.05, 0.1) is 19.4 Å². The van der Waals surface area contributed by atoms with Crippen LogP contribution in [0.4, 0.5) is 0 Å². The maximum atomic E-state index is 11.5. The minimum absolute atomic E-state index is 0.138. The summed E-state index contributed by atoms with van der Waals surface area (Å²) in [6.07, 6.45) is 1.11. The summed E-state index contributed by atoms with van der Waals surface area (Å²) in [5.74, 6) is -0.135. The van der Waals surface area contributed by atoms with Crippen LogP contribution < -0.4 is 5.32 Å². The summed E-state index contributed by atoms with van der Waals surface area (Å²) >= 11 is 0. The molecule has 102 valence electrons. The van der Waals surface area contributed by atoms with E-state index in [1.54, 1.807) is 0 Å². The number of ether oxygens (including phenoxy) is 1. The first-order valence-electron chi connectivity index (χ1n) is 5.48. The van der Waals surface area contributed by atoms with E-state index in [0.717, 1.165) is 6.26 Å². The van der Waals surface area contributed by atoms with Gasteiger partial charge in [-0.3, -0.25) is 4.79 Å². The maximum Gasteiger partial charge on any atom is 0.235 e. The Balaban J connectivity index is 4.29. The third kappa shape index (κ3) is 8.12. The number of rotatable bonds is 8. The number of methoxy groups -OCH3 is 1. The molecular weight excluding hydrogens is 244 g/mol. The van der Waals surface area contributed by atoms with Crippen LogP contribution in [0, 0.1) is 5.92 Å². The zero-order valence-electron chi connectivity index (χ0n) is 10.9. The van der Waals surface area contributed by atoms with E-state index in [1.165, 1.54) is 11.4 Å². The highest BCUT2D eigenvalue weighted by atomic mass is 32.2. The van der Waals surface area contributed by atoms with Crippen molar-refractivity contribution in [3.05, 3.63) is 0 Å². The van der Waals surface area contributed by atoms with Crippen LogP contribution in [-0.2, 0) is 19.6 Å². The van der Waals surface area contributed by atoms with Crippen molar-refractivity contribution >= 4 is 15.9 Å². The summed E-state index contributed by atoms with van der Waals surface area (Å²) in [5.41, 5.74) is 0. The van der Waals surface area contributed by atoms with Gasteiger partial charge in [-0.15, -0.1) is 0 Å². The maximum absolute atomic E-state index is 11.5. The van der Waals surface area contributed by atoms with Crippen LogP contribution in [-0.4, -0.2) is 58.2 Å². The van der Waals surface area contributed by atoms with E-state index in [0.29, 0.717) is 19.7 Å². The van der Waals surface area contributed by atoms with Gasteiger partial charge in [-0.05, 0) is 5.92 Å². The van der Waals surface area contributed by atoms with Crippen molar-refractivity contribution in [3.63, 3.8) is 0 Å². The number of carbonyl (C=O) groups is 1. The molecule has 0 fully saturated rings. The average molecular weight is 266 g/mol. The molecule has 0 aliphatic carbocycles. The lowest BCUT2D eigenvalue weighted by Crippen LogP contribution is -2.42. The molecule has 0 rings (SSSR count). The normalized spacial score (nSPS) is 12.1. The quantitative estimate of drug-likeness (QED) is 0.610. The number of hydrogen-bond donors (Lipinski definition) is 1. The van der Waals surface area contributed by atoms with Gasteiger partial charge in [-0.1, -0.05) is 13.8 Å². The molecule has 17 heavy (non-hydrogen) atoms. The van der Waals surface area contributed by atoms with Crippen molar-refractivity contribution in [2.24, 2.45) is 5.92 Å². The molecule has 0 unspecified atom stereocenters. The van der Waals surface area contributed by atoms with Gasteiger partial charge in [0.2, 0.25) is 15.9 Å². The lowest BCUT2D eigenvalue weighted by molar-refractivity contribution is -0.121. The van der Waals surface area contributed by atoms with Gasteiger partial charge in [0, 0.05) is 20.2 Å². The Morgan fingerprint density at radius 1 is 1.41 bits per heavy atom. The predicted octanol–water partition coefficient (Wildman–Crippen LogP) is -0.333. The summed E-state index contributed by atoms with van der Waals surface area (Å²) in [5, 5.41) is 2.59. The third-order valence-electron chi connectivity index (χ3n) is 1.99. The monoisotopic (exact) mass is 266 g/mol.